The second-order valence-electron chi connectivity index (χ2n) is 19.1. The third kappa shape index (κ3) is 7.50. The van der Waals surface area contributed by atoms with Crippen molar-refractivity contribution in [3.05, 3.63) is 279 Å². The Morgan fingerprint density at radius 2 is 0.562 bits per heavy atom. The van der Waals surface area contributed by atoms with E-state index < -0.39 is 0 Å². The largest absolute Gasteiger partial charge is 0.455 e. The molecule has 0 spiro atoms. The monoisotopic (exact) mass is 926 g/mol. The molecule has 340 valence electrons. The molecule has 0 aliphatic carbocycles. The number of benzene rings is 13. The normalized spacial score (nSPS) is 11.6. The van der Waals surface area contributed by atoms with E-state index >= 15 is 0 Å². The molecule has 14 aromatic rings. The maximum atomic E-state index is 7.33. The van der Waals surface area contributed by atoms with Crippen molar-refractivity contribution >= 4 is 54.3 Å². The highest BCUT2D eigenvalue weighted by molar-refractivity contribution is 6.22. The van der Waals surface area contributed by atoms with E-state index in [0.717, 1.165) is 77.6 Å². The van der Waals surface area contributed by atoms with Crippen LogP contribution in [-0.2, 0) is 0 Å². The Kier molecular flexibility index (Phi) is 10.3. The first-order valence-electron chi connectivity index (χ1n) is 25.1. The molecule has 0 aliphatic heterocycles. The maximum absolute atomic E-state index is 7.33. The van der Waals surface area contributed by atoms with E-state index in [1.165, 1.54) is 65.7 Å². The van der Waals surface area contributed by atoms with Gasteiger partial charge >= 0.3 is 0 Å². The van der Waals surface area contributed by atoms with Gasteiger partial charge in [-0.1, -0.05) is 231 Å². The summed E-state index contributed by atoms with van der Waals surface area (Å²) in [6, 6.07) is 102. The van der Waals surface area contributed by atoms with Crippen LogP contribution in [0.5, 0.6) is 0 Å². The SMILES string of the molecule is c1ccc(-c2cccc(-c3cc(-c4ccccc4)c4oc5c(-c6cccc(-c7ccc8c(-c9ccccc9)c9ccccc9c(-c9ccccc9)c8c7)c6)cc(-c6ccc7ccccc7c6)cc5c4c3)c2)cc1. The summed E-state index contributed by atoms with van der Waals surface area (Å²) in [5, 5.41) is 9.54. The Morgan fingerprint density at radius 3 is 1.18 bits per heavy atom. The smallest absolute Gasteiger partial charge is 0.143 e. The highest BCUT2D eigenvalue weighted by Gasteiger charge is 2.22. The molecule has 0 fully saturated rings. The zero-order valence-corrected chi connectivity index (χ0v) is 40.0. The molecule has 73 heavy (non-hydrogen) atoms. The zero-order valence-electron chi connectivity index (χ0n) is 40.0. The van der Waals surface area contributed by atoms with Crippen LogP contribution in [0.2, 0.25) is 0 Å². The third-order valence-electron chi connectivity index (χ3n) is 14.8. The number of fused-ring (bicyclic) bond motifs is 6. The van der Waals surface area contributed by atoms with Gasteiger partial charge in [0.05, 0.1) is 0 Å². The Hall–Kier alpha value is -9.56. The highest BCUT2D eigenvalue weighted by Crippen LogP contribution is 2.48. The lowest BCUT2D eigenvalue weighted by Gasteiger charge is -2.19. The molecule has 0 bridgehead atoms. The summed E-state index contributed by atoms with van der Waals surface area (Å²) in [7, 11) is 0. The fourth-order valence-corrected chi connectivity index (χ4v) is 11.3. The molecular formula is C72H46O. The first-order chi connectivity index (χ1) is 36.2. The van der Waals surface area contributed by atoms with Gasteiger partial charge in [0.25, 0.3) is 0 Å². The Bertz CT molecular complexity index is 4400. The molecular weight excluding hydrogens is 881 g/mol. The van der Waals surface area contributed by atoms with Crippen LogP contribution in [0.1, 0.15) is 0 Å². The lowest BCUT2D eigenvalue weighted by molar-refractivity contribution is 0.671. The van der Waals surface area contributed by atoms with Crippen LogP contribution in [0, 0.1) is 0 Å². The van der Waals surface area contributed by atoms with E-state index in [0.29, 0.717) is 0 Å². The summed E-state index contributed by atoms with van der Waals surface area (Å²) in [5.74, 6) is 0. The highest BCUT2D eigenvalue weighted by atomic mass is 16.3. The van der Waals surface area contributed by atoms with E-state index in [9.17, 15) is 0 Å². The average molecular weight is 927 g/mol. The van der Waals surface area contributed by atoms with E-state index in [1.807, 2.05) is 0 Å². The molecule has 14 rings (SSSR count). The van der Waals surface area contributed by atoms with Crippen molar-refractivity contribution in [1.29, 1.82) is 0 Å². The van der Waals surface area contributed by atoms with E-state index in [1.54, 1.807) is 0 Å². The van der Waals surface area contributed by atoms with Crippen LogP contribution in [-0.4, -0.2) is 0 Å². The molecule has 1 heteroatoms. The number of hydrogen-bond acceptors (Lipinski definition) is 1. The van der Waals surface area contributed by atoms with Gasteiger partial charge in [-0.25, -0.2) is 0 Å². The molecule has 0 radical (unpaired) electrons. The van der Waals surface area contributed by atoms with Gasteiger partial charge in [-0.05, 0) is 159 Å². The zero-order chi connectivity index (χ0) is 48.2. The minimum Gasteiger partial charge on any atom is -0.455 e. The fraction of sp³-hybridized carbons (Fsp3) is 0. The van der Waals surface area contributed by atoms with Crippen molar-refractivity contribution in [3.63, 3.8) is 0 Å². The summed E-state index contributed by atoms with van der Waals surface area (Å²) in [4.78, 5) is 0. The van der Waals surface area contributed by atoms with Crippen LogP contribution in [0.25, 0.3) is 143 Å². The Morgan fingerprint density at radius 1 is 0.178 bits per heavy atom. The fourth-order valence-electron chi connectivity index (χ4n) is 11.3. The summed E-state index contributed by atoms with van der Waals surface area (Å²) < 4.78 is 7.33. The molecule has 13 aromatic carbocycles. The van der Waals surface area contributed by atoms with Crippen LogP contribution < -0.4 is 0 Å². The van der Waals surface area contributed by atoms with E-state index in [-0.39, 0.29) is 0 Å². The van der Waals surface area contributed by atoms with E-state index in [2.05, 4.69) is 279 Å². The standard InChI is InChI=1S/C72H46O/c1-5-19-47(20-6-1)53-29-17-31-55(39-53)59-43-64(49-22-7-2-8-23-49)71-67(45-59)68-46-60(56-36-35-48-21-13-14-28-52(48)40-56)44-65(72(68)73-71)58-32-18-30-54(41-58)57-37-38-63-66(42-57)70(51-26-11-4-12-27-51)62-34-16-15-33-61(62)69(63)50-24-9-3-10-25-50/h1-46H. The first kappa shape index (κ1) is 42.3. The molecule has 0 atom stereocenters. The van der Waals surface area contributed by atoms with Gasteiger partial charge in [-0.15, -0.1) is 0 Å². The number of furan rings is 1. The topological polar surface area (TPSA) is 13.1 Å². The Labute approximate surface area is 424 Å². The Balaban J connectivity index is 1.00. The number of rotatable bonds is 8. The van der Waals surface area contributed by atoms with Crippen molar-refractivity contribution in [2.75, 3.05) is 0 Å². The predicted molar refractivity (Wildman–Crippen MR) is 310 cm³/mol. The van der Waals surface area contributed by atoms with Gasteiger partial charge in [0, 0.05) is 21.9 Å². The summed E-state index contributed by atoms with van der Waals surface area (Å²) in [6.07, 6.45) is 0. The molecule has 0 amide bonds. The van der Waals surface area contributed by atoms with Gasteiger partial charge in [-0.2, -0.15) is 0 Å². The summed E-state index contributed by atoms with van der Waals surface area (Å²) >= 11 is 0. The van der Waals surface area contributed by atoms with Crippen LogP contribution in [0.4, 0.5) is 0 Å². The second kappa shape index (κ2) is 17.7. The molecule has 0 saturated heterocycles. The van der Waals surface area contributed by atoms with Gasteiger partial charge in [0.2, 0.25) is 0 Å². The minimum atomic E-state index is 0.868. The van der Waals surface area contributed by atoms with Crippen molar-refractivity contribution < 1.29 is 4.42 Å². The van der Waals surface area contributed by atoms with Crippen molar-refractivity contribution in [2.45, 2.75) is 0 Å². The number of hydrogen-bond donors (Lipinski definition) is 0. The quantitative estimate of drug-likeness (QED) is 0.138. The molecule has 0 unspecified atom stereocenters. The summed E-state index contributed by atoms with van der Waals surface area (Å²) in [5.41, 5.74) is 20.2. The molecule has 1 heterocycles. The third-order valence-corrected chi connectivity index (χ3v) is 14.8. The average Bonchev–Trinajstić information content (AvgIpc) is 3.85. The molecule has 1 nitrogen and oxygen atoms in total. The second-order valence-corrected chi connectivity index (χ2v) is 19.1. The van der Waals surface area contributed by atoms with E-state index in [4.69, 9.17) is 4.42 Å². The van der Waals surface area contributed by atoms with Crippen LogP contribution >= 0.6 is 0 Å². The molecule has 0 aliphatic rings. The minimum absolute atomic E-state index is 0.868. The van der Waals surface area contributed by atoms with Gasteiger partial charge in [0.15, 0.2) is 0 Å². The lowest BCUT2D eigenvalue weighted by atomic mass is 9.84. The first-order valence-corrected chi connectivity index (χ1v) is 25.1. The van der Waals surface area contributed by atoms with Gasteiger partial charge in [0.1, 0.15) is 11.2 Å². The molecule has 0 saturated carbocycles. The molecule has 1 aromatic heterocycles. The van der Waals surface area contributed by atoms with Crippen LogP contribution in [0.15, 0.2) is 283 Å². The van der Waals surface area contributed by atoms with Crippen molar-refractivity contribution in [3.8, 4) is 89.0 Å². The summed E-state index contributed by atoms with van der Waals surface area (Å²) in [6.45, 7) is 0. The van der Waals surface area contributed by atoms with Gasteiger partial charge in [-0.3, -0.25) is 0 Å². The van der Waals surface area contributed by atoms with Crippen molar-refractivity contribution in [1.82, 2.24) is 0 Å². The van der Waals surface area contributed by atoms with Gasteiger partial charge < -0.3 is 4.42 Å². The molecule has 0 N–H and O–H groups in total. The van der Waals surface area contributed by atoms with Crippen LogP contribution in [0.3, 0.4) is 0 Å². The lowest BCUT2D eigenvalue weighted by Crippen LogP contribution is -1.91. The maximum Gasteiger partial charge on any atom is 0.143 e. The van der Waals surface area contributed by atoms with Crippen molar-refractivity contribution in [2.24, 2.45) is 0 Å². The predicted octanol–water partition coefficient (Wildman–Crippen LogP) is 20.4.